The molecule has 3 aromatic rings. The van der Waals surface area contributed by atoms with Gasteiger partial charge in [0, 0.05) is 29.9 Å². The molecule has 2 N–H and O–H groups in total. The number of hydrogen-bond donors (Lipinski definition) is 2. The standard InChI is InChI=1S/C22H23N5O/c1-3-27(4-2)17-11-9-15(10-12-17)22(28)26-20-13-16(14-23-20)21-24-18-7-5-6-8-19(18)25-21/h5-13H,3-4,14H2,1-2H3,(H,24,25)(H,23,26,28). The Morgan fingerprint density at radius 3 is 2.57 bits per heavy atom. The number of hydrogen-bond acceptors (Lipinski definition) is 4. The molecule has 28 heavy (non-hydrogen) atoms. The minimum atomic E-state index is -0.160. The third kappa shape index (κ3) is 3.53. The van der Waals surface area contributed by atoms with E-state index in [-0.39, 0.29) is 5.91 Å². The second kappa shape index (κ2) is 7.68. The molecule has 6 heteroatoms. The highest BCUT2D eigenvalue weighted by Crippen LogP contribution is 2.20. The van der Waals surface area contributed by atoms with Gasteiger partial charge in [0.2, 0.25) is 0 Å². The van der Waals surface area contributed by atoms with E-state index in [1.165, 1.54) is 0 Å². The van der Waals surface area contributed by atoms with Gasteiger partial charge in [-0.05, 0) is 56.3 Å². The fourth-order valence-electron chi connectivity index (χ4n) is 3.35. The molecule has 0 radical (unpaired) electrons. The van der Waals surface area contributed by atoms with Crippen LogP contribution in [0.15, 0.2) is 59.6 Å². The van der Waals surface area contributed by atoms with E-state index in [1.54, 1.807) is 0 Å². The topological polar surface area (TPSA) is 73.4 Å². The molecule has 142 valence electrons. The van der Waals surface area contributed by atoms with E-state index in [0.29, 0.717) is 17.9 Å². The van der Waals surface area contributed by atoms with E-state index in [9.17, 15) is 4.79 Å². The number of fused-ring (bicyclic) bond motifs is 1. The van der Waals surface area contributed by atoms with Crippen molar-refractivity contribution in [2.45, 2.75) is 13.8 Å². The van der Waals surface area contributed by atoms with E-state index < -0.39 is 0 Å². The van der Waals surface area contributed by atoms with E-state index in [4.69, 9.17) is 0 Å². The van der Waals surface area contributed by atoms with Crippen LogP contribution in [0.25, 0.3) is 16.6 Å². The summed E-state index contributed by atoms with van der Waals surface area (Å²) in [5.41, 5.74) is 4.60. The highest BCUT2D eigenvalue weighted by atomic mass is 16.1. The number of nitrogens with one attached hydrogen (secondary N) is 2. The number of aromatic nitrogens is 2. The fraction of sp³-hybridized carbons (Fsp3) is 0.227. The molecule has 1 aliphatic rings. The molecular weight excluding hydrogens is 350 g/mol. The predicted molar refractivity (Wildman–Crippen MR) is 114 cm³/mol. The first kappa shape index (κ1) is 18.0. The van der Waals surface area contributed by atoms with Crippen molar-refractivity contribution in [2.24, 2.45) is 4.99 Å². The number of carbonyl (C=O) groups excluding carboxylic acids is 1. The molecular formula is C22H23N5O. The summed E-state index contributed by atoms with van der Waals surface area (Å²) in [5, 5.41) is 2.88. The molecule has 0 bridgehead atoms. The Morgan fingerprint density at radius 1 is 1.11 bits per heavy atom. The van der Waals surface area contributed by atoms with Crippen LogP contribution in [-0.2, 0) is 0 Å². The largest absolute Gasteiger partial charge is 0.372 e. The van der Waals surface area contributed by atoms with E-state index >= 15 is 0 Å². The van der Waals surface area contributed by atoms with Crippen molar-refractivity contribution >= 4 is 34.0 Å². The zero-order valence-corrected chi connectivity index (χ0v) is 16.1. The molecule has 4 rings (SSSR count). The van der Waals surface area contributed by atoms with Crippen LogP contribution in [0, 0.1) is 0 Å². The van der Waals surface area contributed by atoms with Crippen molar-refractivity contribution in [3.8, 4) is 0 Å². The SMILES string of the molecule is CCN(CC)c1ccc(C(=O)NC2=NCC(c3nc4ccccc4[nH]3)=C2)cc1. The van der Waals surface area contributed by atoms with Crippen molar-refractivity contribution in [1.29, 1.82) is 0 Å². The van der Waals surface area contributed by atoms with Gasteiger partial charge in [-0.2, -0.15) is 0 Å². The van der Waals surface area contributed by atoms with Crippen LogP contribution >= 0.6 is 0 Å². The normalized spacial score (nSPS) is 13.4. The number of rotatable bonds is 5. The summed E-state index contributed by atoms with van der Waals surface area (Å²) >= 11 is 0. The fourth-order valence-corrected chi connectivity index (χ4v) is 3.35. The van der Waals surface area contributed by atoms with Gasteiger partial charge in [0.05, 0.1) is 17.6 Å². The van der Waals surface area contributed by atoms with Gasteiger partial charge in [0.1, 0.15) is 11.7 Å². The molecule has 0 fully saturated rings. The number of amides is 1. The summed E-state index contributed by atoms with van der Waals surface area (Å²) in [6, 6.07) is 15.6. The number of carbonyl (C=O) groups is 1. The average Bonchev–Trinajstić information content (AvgIpc) is 3.36. The van der Waals surface area contributed by atoms with Crippen molar-refractivity contribution in [3.63, 3.8) is 0 Å². The molecule has 1 amide bonds. The number of amidine groups is 1. The zero-order valence-electron chi connectivity index (χ0n) is 16.1. The average molecular weight is 373 g/mol. The third-order valence-electron chi connectivity index (χ3n) is 4.92. The molecule has 0 unspecified atom stereocenters. The monoisotopic (exact) mass is 373 g/mol. The van der Waals surface area contributed by atoms with Crippen molar-refractivity contribution < 1.29 is 4.79 Å². The third-order valence-corrected chi connectivity index (χ3v) is 4.92. The zero-order chi connectivity index (χ0) is 19.5. The summed E-state index contributed by atoms with van der Waals surface area (Å²) in [5.74, 6) is 1.19. The van der Waals surface area contributed by atoms with Crippen LogP contribution in [0.5, 0.6) is 0 Å². The summed E-state index contributed by atoms with van der Waals surface area (Å²) in [4.78, 5) is 27.1. The maximum Gasteiger partial charge on any atom is 0.256 e. The van der Waals surface area contributed by atoms with E-state index in [2.05, 4.69) is 39.0 Å². The smallest absolute Gasteiger partial charge is 0.256 e. The lowest BCUT2D eigenvalue weighted by Crippen LogP contribution is -2.28. The molecule has 6 nitrogen and oxygen atoms in total. The molecule has 2 aromatic carbocycles. The predicted octanol–water partition coefficient (Wildman–Crippen LogP) is 3.63. The van der Waals surface area contributed by atoms with Gasteiger partial charge in [-0.3, -0.25) is 9.79 Å². The Morgan fingerprint density at radius 2 is 1.86 bits per heavy atom. The molecule has 0 saturated carbocycles. The number of H-pyrrole nitrogens is 1. The summed E-state index contributed by atoms with van der Waals surface area (Å²) in [6.07, 6.45) is 1.87. The van der Waals surface area contributed by atoms with Gasteiger partial charge < -0.3 is 15.2 Å². The van der Waals surface area contributed by atoms with Crippen LogP contribution in [0.1, 0.15) is 30.0 Å². The Kier molecular flexibility index (Phi) is 4.93. The number of para-hydroxylation sites is 2. The van der Waals surface area contributed by atoms with E-state index in [0.717, 1.165) is 41.2 Å². The van der Waals surface area contributed by atoms with Crippen LogP contribution in [0.2, 0.25) is 0 Å². The Labute approximate surface area is 164 Å². The second-order valence-electron chi connectivity index (χ2n) is 6.65. The second-order valence-corrected chi connectivity index (χ2v) is 6.65. The van der Waals surface area contributed by atoms with Gasteiger partial charge >= 0.3 is 0 Å². The van der Waals surface area contributed by atoms with Crippen LogP contribution < -0.4 is 10.2 Å². The molecule has 0 atom stereocenters. The van der Waals surface area contributed by atoms with Crippen LogP contribution in [0.4, 0.5) is 5.69 Å². The lowest BCUT2D eigenvalue weighted by Gasteiger charge is -2.21. The molecule has 0 spiro atoms. The molecule has 1 aromatic heterocycles. The van der Waals surface area contributed by atoms with E-state index in [1.807, 2.05) is 54.6 Å². The van der Waals surface area contributed by atoms with Crippen molar-refractivity contribution in [1.82, 2.24) is 15.3 Å². The summed E-state index contributed by atoms with van der Waals surface area (Å²) in [7, 11) is 0. The Balaban J connectivity index is 1.45. The highest BCUT2D eigenvalue weighted by Gasteiger charge is 2.16. The number of nitrogens with zero attached hydrogens (tertiary/aromatic N) is 3. The van der Waals surface area contributed by atoms with Gasteiger partial charge in [-0.15, -0.1) is 0 Å². The molecule has 2 heterocycles. The molecule has 0 aliphatic carbocycles. The van der Waals surface area contributed by atoms with Gasteiger partial charge in [0.25, 0.3) is 5.91 Å². The van der Waals surface area contributed by atoms with Gasteiger partial charge in [0.15, 0.2) is 0 Å². The maximum atomic E-state index is 12.5. The summed E-state index contributed by atoms with van der Waals surface area (Å²) in [6.45, 7) is 6.61. The number of imidazole rings is 1. The minimum absolute atomic E-state index is 0.160. The molecule has 1 aliphatic heterocycles. The van der Waals surface area contributed by atoms with Gasteiger partial charge in [-0.25, -0.2) is 4.98 Å². The molecule has 0 saturated heterocycles. The maximum absolute atomic E-state index is 12.5. The summed E-state index contributed by atoms with van der Waals surface area (Å²) < 4.78 is 0. The number of aliphatic imine (C=N–C) groups is 1. The van der Waals surface area contributed by atoms with Crippen molar-refractivity contribution in [3.05, 3.63) is 66.0 Å². The first-order chi connectivity index (χ1) is 13.7. The van der Waals surface area contributed by atoms with Crippen LogP contribution in [-0.4, -0.2) is 41.3 Å². The highest BCUT2D eigenvalue weighted by molar-refractivity contribution is 6.14. The first-order valence-electron chi connectivity index (χ1n) is 9.54. The van der Waals surface area contributed by atoms with Crippen LogP contribution in [0.3, 0.4) is 0 Å². The number of anilines is 1. The number of aromatic amines is 1. The van der Waals surface area contributed by atoms with Gasteiger partial charge in [-0.1, -0.05) is 12.1 Å². The first-order valence-corrected chi connectivity index (χ1v) is 9.54. The number of benzene rings is 2. The Hall–Kier alpha value is -3.41. The van der Waals surface area contributed by atoms with Crippen molar-refractivity contribution in [2.75, 3.05) is 24.5 Å². The minimum Gasteiger partial charge on any atom is -0.372 e. The quantitative estimate of drug-likeness (QED) is 0.717. The lowest BCUT2D eigenvalue weighted by molar-refractivity contribution is 0.0977. The Bertz CT molecular complexity index is 1020. The lowest BCUT2D eigenvalue weighted by atomic mass is 10.1.